The van der Waals surface area contributed by atoms with Crippen LogP contribution in [0, 0.1) is 0 Å². The van der Waals surface area contributed by atoms with E-state index in [-0.39, 0.29) is 6.04 Å². The lowest BCUT2D eigenvalue weighted by atomic mass is 10.1. The monoisotopic (exact) mass is 421 g/mol. The maximum absolute atomic E-state index is 12.7. The Bertz CT molecular complexity index is 854. The van der Waals surface area contributed by atoms with Gasteiger partial charge in [0, 0.05) is 51.0 Å². The fraction of sp³-hybridized carbons (Fsp3) is 0.429. The average molecular weight is 421 g/mol. The number of nitrogens with one attached hydrogen (secondary N) is 2. The van der Waals surface area contributed by atoms with Crippen molar-refractivity contribution < 1.29 is 17.9 Å². The van der Waals surface area contributed by atoms with Gasteiger partial charge in [-0.05, 0) is 30.2 Å². The molecular formula is C21H26F3N5O. The summed E-state index contributed by atoms with van der Waals surface area (Å²) in [7, 11) is 3.30. The van der Waals surface area contributed by atoms with Gasteiger partial charge in [0.2, 0.25) is 5.88 Å². The summed E-state index contributed by atoms with van der Waals surface area (Å²) >= 11 is 0. The smallest absolute Gasteiger partial charge is 0.416 e. The first kappa shape index (κ1) is 21.9. The van der Waals surface area contributed by atoms with Crippen LogP contribution in [0.5, 0.6) is 5.88 Å². The zero-order valence-electron chi connectivity index (χ0n) is 17.0. The topological polar surface area (TPSA) is 61.8 Å². The van der Waals surface area contributed by atoms with Gasteiger partial charge in [0.1, 0.15) is 0 Å². The molecule has 0 spiro atoms. The number of guanidine groups is 1. The summed E-state index contributed by atoms with van der Waals surface area (Å²) in [5.41, 5.74) is 1.18. The van der Waals surface area contributed by atoms with Crippen molar-refractivity contribution in [3.05, 3.63) is 59.3 Å². The van der Waals surface area contributed by atoms with Gasteiger partial charge in [-0.2, -0.15) is 13.2 Å². The molecule has 162 valence electrons. The number of benzene rings is 1. The molecule has 1 aliphatic heterocycles. The minimum Gasteiger partial charge on any atom is -0.481 e. The standard InChI is InChI=1S/C21H26F3N5O/c1-25-20(27-12-16-4-3-10-26-19(16)30-2)28-18-9-11-29(14-18)13-15-5-7-17(8-6-15)21(22,23)24/h3-8,10,18H,9,11-14H2,1-2H3,(H2,25,27,28). The molecule has 1 aromatic heterocycles. The molecule has 9 heteroatoms. The van der Waals surface area contributed by atoms with E-state index < -0.39 is 11.7 Å². The highest BCUT2D eigenvalue weighted by Gasteiger charge is 2.30. The molecule has 1 aliphatic rings. The van der Waals surface area contributed by atoms with E-state index in [2.05, 4.69) is 25.5 Å². The van der Waals surface area contributed by atoms with Crippen LogP contribution in [0.2, 0.25) is 0 Å². The zero-order valence-corrected chi connectivity index (χ0v) is 17.0. The molecule has 1 aromatic carbocycles. The van der Waals surface area contributed by atoms with E-state index >= 15 is 0 Å². The van der Waals surface area contributed by atoms with Gasteiger partial charge in [0.05, 0.1) is 12.7 Å². The molecule has 1 unspecified atom stereocenters. The fourth-order valence-electron chi connectivity index (χ4n) is 3.46. The van der Waals surface area contributed by atoms with Gasteiger partial charge in [-0.3, -0.25) is 9.89 Å². The van der Waals surface area contributed by atoms with Crippen molar-refractivity contribution in [2.45, 2.75) is 31.7 Å². The van der Waals surface area contributed by atoms with E-state index in [0.717, 1.165) is 42.8 Å². The normalized spacial score (nSPS) is 17.8. The number of likely N-dealkylation sites (tertiary alicyclic amines) is 1. The molecule has 0 aliphatic carbocycles. The summed E-state index contributed by atoms with van der Waals surface area (Å²) in [6.45, 7) is 2.80. The predicted octanol–water partition coefficient (Wildman–Crippen LogP) is 3.05. The van der Waals surface area contributed by atoms with Crippen molar-refractivity contribution in [2.24, 2.45) is 4.99 Å². The molecular weight excluding hydrogens is 395 g/mol. The van der Waals surface area contributed by atoms with E-state index in [1.54, 1.807) is 32.5 Å². The van der Waals surface area contributed by atoms with Crippen molar-refractivity contribution in [3.8, 4) is 5.88 Å². The Kier molecular flexibility index (Phi) is 7.15. The number of pyridine rings is 1. The summed E-state index contributed by atoms with van der Waals surface area (Å²) in [5, 5.41) is 6.67. The number of nitrogens with zero attached hydrogens (tertiary/aromatic N) is 3. The van der Waals surface area contributed by atoms with Gasteiger partial charge in [0.25, 0.3) is 0 Å². The lowest BCUT2D eigenvalue weighted by molar-refractivity contribution is -0.137. The first-order chi connectivity index (χ1) is 14.4. The number of rotatable bonds is 6. The Morgan fingerprint density at radius 2 is 2.03 bits per heavy atom. The van der Waals surface area contributed by atoms with Crippen LogP contribution >= 0.6 is 0 Å². The average Bonchev–Trinajstić information content (AvgIpc) is 3.17. The van der Waals surface area contributed by atoms with Gasteiger partial charge in [-0.25, -0.2) is 4.98 Å². The first-order valence-electron chi connectivity index (χ1n) is 9.72. The zero-order chi connectivity index (χ0) is 21.6. The van der Waals surface area contributed by atoms with Crippen LogP contribution in [-0.2, 0) is 19.3 Å². The van der Waals surface area contributed by atoms with Crippen molar-refractivity contribution in [1.82, 2.24) is 20.5 Å². The molecule has 1 atom stereocenters. The highest BCUT2D eigenvalue weighted by Crippen LogP contribution is 2.29. The van der Waals surface area contributed by atoms with E-state index in [1.807, 2.05) is 12.1 Å². The first-order valence-corrected chi connectivity index (χ1v) is 9.72. The van der Waals surface area contributed by atoms with Crippen LogP contribution in [0.15, 0.2) is 47.6 Å². The molecule has 1 saturated heterocycles. The Morgan fingerprint density at radius 3 is 2.70 bits per heavy atom. The number of hydrogen-bond acceptors (Lipinski definition) is 4. The van der Waals surface area contributed by atoms with Crippen molar-refractivity contribution in [1.29, 1.82) is 0 Å². The molecule has 2 heterocycles. The number of methoxy groups -OCH3 is 1. The van der Waals surface area contributed by atoms with Crippen LogP contribution in [-0.4, -0.2) is 49.1 Å². The highest BCUT2D eigenvalue weighted by atomic mass is 19.4. The Morgan fingerprint density at radius 1 is 1.27 bits per heavy atom. The minimum absolute atomic E-state index is 0.210. The molecule has 0 radical (unpaired) electrons. The van der Waals surface area contributed by atoms with E-state index in [1.165, 1.54) is 0 Å². The molecule has 30 heavy (non-hydrogen) atoms. The third-order valence-electron chi connectivity index (χ3n) is 5.01. The van der Waals surface area contributed by atoms with Crippen LogP contribution in [0.3, 0.4) is 0 Å². The SMILES string of the molecule is CN=C(NCc1cccnc1OC)NC1CCN(Cc2ccc(C(F)(F)F)cc2)C1. The second-order valence-corrected chi connectivity index (χ2v) is 7.16. The van der Waals surface area contributed by atoms with Crippen molar-refractivity contribution in [3.63, 3.8) is 0 Å². The molecule has 2 aromatic rings. The Hall–Kier alpha value is -2.81. The van der Waals surface area contributed by atoms with E-state index in [9.17, 15) is 13.2 Å². The summed E-state index contributed by atoms with van der Waals surface area (Å²) in [6.07, 6.45) is -1.69. The Labute approximate surface area is 174 Å². The molecule has 2 N–H and O–H groups in total. The van der Waals surface area contributed by atoms with Crippen molar-refractivity contribution in [2.75, 3.05) is 27.2 Å². The largest absolute Gasteiger partial charge is 0.481 e. The van der Waals surface area contributed by atoms with Crippen LogP contribution < -0.4 is 15.4 Å². The predicted molar refractivity (Wildman–Crippen MR) is 109 cm³/mol. The second kappa shape index (κ2) is 9.80. The molecule has 0 saturated carbocycles. The highest BCUT2D eigenvalue weighted by molar-refractivity contribution is 5.80. The van der Waals surface area contributed by atoms with Crippen molar-refractivity contribution >= 4 is 5.96 Å². The lowest BCUT2D eigenvalue weighted by Gasteiger charge is -2.19. The van der Waals surface area contributed by atoms with Gasteiger partial charge in [0.15, 0.2) is 5.96 Å². The van der Waals surface area contributed by atoms with E-state index in [4.69, 9.17) is 4.74 Å². The minimum atomic E-state index is -4.30. The summed E-state index contributed by atoms with van der Waals surface area (Å²) in [5.74, 6) is 1.26. The molecule has 3 rings (SSSR count). The van der Waals surface area contributed by atoms with E-state index in [0.29, 0.717) is 24.9 Å². The summed E-state index contributed by atoms with van der Waals surface area (Å²) < 4.78 is 43.4. The number of aliphatic imine (C=N–C) groups is 1. The molecule has 0 amide bonds. The quantitative estimate of drug-likeness (QED) is 0.555. The molecule has 6 nitrogen and oxygen atoms in total. The maximum Gasteiger partial charge on any atom is 0.416 e. The summed E-state index contributed by atoms with van der Waals surface area (Å²) in [4.78, 5) is 10.7. The van der Waals surface area contributed by atoms with Gasteiger partial charge >= 0.3 is 6.18 Å². The van der Waals surface area contributed by atoms with Crippen LogP contribution in [0.25, 0.3) is 0 Å². The number of hydrogen-bond donors (Lipinski definition) is 2. The Balaban J connectivity index is 1.48. The number of halogens is 3. The third kappa shape index (κ3) is 5.85. The van der Waals surface area contributed by atoms with Crippen LogP contribution in [0.4, 0.5) is 13.2 Å². The van der Waals surface area contributed by atoms with Gasteiger partial charge in [-0.15, -0.1) is 0 Å². The molecule has 1 fully saturated rings. The number of alkyl halides is 3. The van der Waals surface area contributed by atoms with Gasteiger partial charge in [-0.1, -0.05) is 18.2 Å². The number of aromatic nitrogens is 1. The fourth-order valence-corrected chi connectivity index (χ4v) is 3.46. The lowest BCUT2D eigenvalue weighted by Crippen LogP contribution is -2.44. The van der Waals surface area contributed by atoms with Crippen LogP contribution in [0.1, 0.15) is 23.1 Å². The maximum atomic E-state index is 12.7. The van der Waals surface area contributed by atoms with Gasteiger partial charge < -0.3 is 15.4 Å². The number of ether oxygens (including phenoxy) is 1. The molecule has 0 bridgehead atoms. The second-order valence-electron chi connectivity index (χ2n) is 7.16. The third-order valence-corrected chi connectivity index (χ3v) is 5.01. The summed E-state index contributed by atoms with van der Waals surface area (Å²) in [6, 6.07) is 9.37.